The molecule has 2 saturated carbocycles. The first-order valence-electron chi connectivity index (χ1n) is 22.6. The van der Waals surface area contributed by atoms with Crippen molar-refractivity contribution in [1.29, 1.82) is 0 Å². The number of hydrogen-bond acceptors (Lipinski definition) is 6. The molecule has 0 radical (unpaired) electrons. The number of rotatable bonds is 10. The molecule has 4 bridgehead atoms. The Morgan fingerprint density at radius 2 is 0.829 bits per heavy atom. The summed E-state index contributed by atoms with van der Waals surface area (Å²) in [6, 6.07) is 30.7. The van der Waals surface area contributed by atoms with Crippen LogP contribution < -0.4 is 9.47 Å². The van der Waals surface area contributed by atoms with Gasteiger partial charge in [-0.3, -0.25) is 28.9 Å². The van der Waals surface area contributed by atoms with E-state index in [0.29, 0.717) is 12.1 Å². The fourth-order valence-corrected chi connectivity index (χ4v) is 10.5. The second-order valence-electron chi connectivity index (χ2n) is 19.9. The van der Waals surface area contributed by atoms with Crippen molar-refractivity contribution in [1.82, 2.24) is 19.8 Å². The van der Waals surface area contributed by atoms with Gasteiger partial charge in [0.2, 0.25) is 12.7 Å². The summed E-state index contributed by atoms with van der Waals surface area (Å²) in [7, 11) is -17.8. The molecule has 0 unspecified atom stereocenters. The molecule has 392 valence electrons. The molecule has 2 aliphatic carbocycles. The third-order valence-corrected chi connectivity index (χ3v) is 15.0. The molecule has 0 saturated heterocycles. The summed E-state index contributed by atoms with van der Waals surface area (Å²) in [5.74, 6) is 1.92. The summed E-state index contributed by atoms with van der Waals surface area (Å²) in [6.07, 6.45) is 13.3. The van der Waals surface area contributed by atoms with E-state index >= 15 is 0 Å². The Balaban J connectivity index is 0.000000206. The van der Waals surface area contributed by atoms with Crippen LogP contribution in [-0.4, -0.2) is 79.0 Å². The molecule has 0 N–H and O–H groups in total. The van der Waals surface area contributed by atoms with E-state index in [-0.39, 0.29) is 34.0 Å². The van der Waals surface area contributed by atoms with Crippen LogP contribution in [0.25, 0.3) is 0 Å². The Hall–Kier alpha value is -4.70. The summed E-state index contributed by atoms with van der Waals surface area (Å²) in [6.45, 7) is 20.9. The SMILES string of the molecule is COc1ccccc1CN1C=[N+]([C@@H](C)c2ccccn2)[C@H]2CC[C@]1(C)C2(C)C.COc1ccccc1CN1C=[N+]([C@@H](C)c2ccccn2)[C@H]2CC[C@]1(C)C2(C)C.F[P-](F)(F)(F)(F)F.F[P-](F)(F)(F)(F)F. The van der Waals surface area contributed by atoms with E-state index in [1.54, 1.807) is 14.2 Å². The van der Waals surface area contributed by atoms with E-state index in [4.69, 9.17) is 9.47 Å². The summed E-state index contributed by atoms with van der Waals surface area (Å²) in [5.41, 5.74) is 5.31. The molecule has 0 spiro atoms. The fraction of sp³-hybridized carbons (Fsp3) is 0.500. The van der Waals surface area contributed by atoms with Gasteiger partial charge in [0.15, 0.2) is 0 Å². The van der Waals surface area contributed by atoms with Gasteiger partial charge < -0.3 is 9.47 Å². The van der Waals surface area contributed by atoms with Crippen molar-refractivity contribution in [2.45, 2.75) is 129 Å². The molecule has 2 aromatic heterocycles. The molecular weight excluding hydrogens is 982 g/mol. The number of pyridine rings is 2. The molecule has 8 rings (SSSR count). The van der Waals surface area contributed by atoms with Crippen LogP contribution in [0, 0.1) is 10.8 Å². The van der Waals surface area contributed by atoms with Crippen LogP contribution in [0.15, 0.2) is 97.3 Å². The van der Waals surface area contributed by atoms with Gasteiger partial charge in [-0.15, -0.1) is 0 Å². The zero-order chi connectivity index (χ0) is 52.7. The van der Waals surface area contributed by atoms with Gasteiger partial charge in [-0.25, -0.2) is 0 Å². The minimum absolute atomic E-state index is 0.124. The van der Waals surface area contributed by atoms with Gasteiger partial charge in [-0.2, -0.15) is 0 Å². The molecule has 22 heteroatoms. The maximum atomic E-state index is 9.87. The van der Waals surface area contributed by atoms with E-state index in [1.165, 1.54) is 36.8 Å². The van der Waals surface area contributed by atoms with Crippen LogP contribution in [-0.2, 0) is 13.1 Å². The molecule has 70 heavy (non-hydrogen) atoms. The molecule has 4 aliphatic rings. The van der Waals surface area contributed by atoms with Crippen molar-refractivity contribution in [2.24, 2.45) is 10.8 Å². The number of para-hydroxylation sites is 2. The molecule has 2 aliphatic heterocycles. The van der Waals surface area contributed by atoms with Crippen molar-refractivity contribution in [3.05, 3.63) is 120 Å². The van der Waals surface area contributed by atoms with Gasteiger partial charge in [-0.1, -0.05) is 76.2 Å². The molecule has 4 heterocycles. The Morgan fingerprint density at radius 1 is 0.529 bits per heavy atom. The first kappa shape index (κ1) is 56.2. The Labute approximate surface area is 401 Å². The quantitative estimate of drug-likeness (QED) is 0.0896. The van der Waals surface area contributed by atoms with Gasteiger partial charge in [0, 0.05) is 34.4 Å². The summed E-state index contributed by atoms with van der Waals surface area (Å²) in [5, 5.41) is 0. The number of halogens is 12. The number of methoxy groups -OCH3 is 2. The number of nitrogens with zero attached hydrogens (tertiary/aromatic N) is 6. The van der Waals surface area contributed by atoms with Crippen molar-refractivity contribution < 1.29 is 69.0 Å². The third kappa shape index (κ3) is 14.3. The average molecular weight is 1050 g/mol. The molecule has 4 aromatic rings. The predicted molar refractivity (Wildman–Crippen MR) is 253 cm³/mol. The zero-order valence-electron chi connectivity index (χ0n) is 40.9. The second-order valence-corrected chi connectivity index (χ2v) is 23.7. The van der Waals surface area contributed by atoms with Crippen molar-refractivity contribution in [3.63, 3.8) is 0 Å². The van der Waals surface area contributed by atoms with Gasteiger partial charge in [0.05, 0.1) is 25.6 Å². The number of hydrogen-bond donors (Lipinski definition) is 0. The standard InChI is InChI=1S/2C24H32N3O.2F6P/c2*1-18(20-11-8-9-15-25-20)27-17-26(16-19-10-6-7-12-21(19)28-5)24(4)14-13-22(27)23(24,2)3;2*1-7(2,3,4,5)6/h2*6-12,15,17-18,22H,13-14,16H2,1-5H3;;/q2*+1;2*-1/t2*18-,22-,24+;;/m00../s1. The minimum atomic E-state index is -10.7. The molecule has 0 amide bonds. The summed E-state index contributed by atoms with van der Waals surface area (Å²) < 4.78 is 135. The maximum absolute atomic E-state index is 10.7. The van der Waals surface area contributed by atoms with E-state index in [9.17, 15) is 50.4 Å². The number of benzene rings is 2. The Kier molecular flexibility index (Phi) is 14.5. The zero-order valence-corrected chi connectivity index (χ0v) is 42.7. The first-order valence-corrected chi connectivity index (χ1v) is 26.7. The second kappa shape index (κ2) is 18.1. The van der Waals surface area contributed by atoms with Crippen LogP contribution in [0.1, 0.15) is 116 Å². The monoisotopic (exact) mass is 1050 g/mol. The van der Waals surface area contributed by atoms with Crippen molar-refractivity contribution in [2.75, 3.05) is 14.2 Å². The summed E-state index contributed by atoms with van der Waals surface area (Å²) >= 11 is 0. The third-order valence-electron chi connectivity index (χ3n) is 15.0. The average Bonchev–Trinajstić information content (AvgIpc) is 3.47. The van der Waals surface area contributed by atoms with Crippen LogP contribution in [0.5, 0.6) is 11.5 Å². The van der Waals surface area contributed by atoms with Crippen LogP contribution in [0.4, 0.5) is 50.4 Å². The molecule has 8 nitrogen and oxygen atoms in total. The topological polar surface area (TPSA) is 56.7 Å². The van der Waals surface area contributed by atoms with Gasteiger partial charge in [-0.05, 0) is 89.8 Å². The van der Waals surface area contributed by atoms with Crippen LogP contribution in [0.2, 0.25) is 0 Å². The van der Waals surface area contributed by atoms with Gasteiger partial charge in [0.1, 0.15) is 59.8 Å². The Bertz CT molecular complexity index is 2340. The predicted octanol–water partition coefficient (Wildman–Crippen LogP) is 16.1. The molecule has 6 atom stereocenters. The first-order chi connectivity index (χ1) is 31.7. The molecule has 2 fully saturated rings. The molecule has 2 aromatic carbocycles. The fourth-order valence-electron chi connectivity index (χ4n) is 10.5. The molecular formula is C48H64F12N6O2P2. The summed E-state index contributed by atoms with van der Waals surface area (Å²) in [4.78, 5) is 14.4. The number of fused-ring (bicyclic) bond motifs is 4. The van der Waals surface area contributed by atoms with Crippen LogP contribution in [0.3, 0.4) is 0 Å². The normalized spacial score (nSPS) is 26.0. The number of aromatic nitrogens is 2. The van der Waals surface area contributed by atoms with Crippen molar-refractivity contribution >= 4 is 28.3 Å². The van der Waals surface area contributed by atoms with Crippen molar-refractivity contribution in [3.8, 4) is 11.5 Å². The van der Waals surface area contributed by atoms with Gasteiger partial charge >= 0.3 is 66.0 Å². The van der Waals surface area contributed by atoms with E-state index in [0.717, 1.165) is 36.0 Å². The number of ether oxygens (including phenoxy) is 2. The van der Waals surface area contributed by atoms with Crippen LogP contribution >= 0.6 is 15.6 Å². The van der Waals surface area contributed by atoms with Gasteiger partial charge in [0.25, 0.3) is 0 Å². The van der Waals surface area contributed by atoms with E-state index in [2.05, 4.69) is 158 Å². The Morgan fingerprint density at radius 3 is 1.11 bits per heavy atom. The van der Waals surface area contributed by atoms with E-state index < -0.39 is 15.6 Å². The van der Waals surface area contributed by atoms with E-state index in [1.807, 2.05) is 36.7 Å².